The van der Waals surface area contributed by atoms with E-state index < -0.39 is 0 Å². The summed E-state index contributed by atoms with van der Waals surface area (Å²) < 4.78 is 7.25. The summed E-state index contributed by atoms with van der Waals surface area (Å²) in [6.07, 6.45) is 0. The average Bonchev–Trinajstić information content (AvgIpc) is 2.65. The molecule has 0 bridgehead atoms. The highest BCUT2D eigenvalue weighted by Crippen LogP contribution is 2.14. The molecule has 1 aromatic heterocycles. The van der Waals surface area contributed by atoms with Crippen molar-refractivity contribution >= 4 is 11.0 Å². The van der Waals surface area contributed by atoms with Gasteiger partial charge in [0, 0.05) is 13.7 Å². The van der Waals surface area contributed by atoms with Crippen molar-refractivity contribution in [3.05, 3.63) is 30.1 Å². The molecule has 0 aliphatic heterocycles. The number of rotatable bonds is 3. The van der Waals surface area contributed by atoms with Gasteiger partial charge in [0.2, 0.25) is 0 Å². The molecular formula is C13H20N2O. The molecule has 0 amide bonds. The molecule has 0 fully saturated rings. The van der Waals surface area contributed by atoms with E-state index in [1.807, 2.05) is 39.0 Å². The summed E-state index contributed by atoms with van der Waals surface area (Å²) in [6, 6.07) is 8.17. The van der Waals surface area contributed by atoms with E-state index >= 15 is 0 Å². The Balaban J connectivity index is 0.000000606. The van der Waals surface area contributed by atoms with Gasteiger partial charge in [0.1, 0.15) is 5.82 Å². The molecular weight excluding hydrogens is 200 g/mol. The van der Waals surface area contributed by atoms with Gasteiger partial charge in [-0.25, -0.2) is 4.98 Å². The first-order valence-corrected chi connectivity index (χ1v) is 5.73. The molecule has 16 heavy (non-hydrogen) atoms. The molecule has 0 saturated carbocycles. The Bertz CT molecular complexity index is 434. The third-order valence-electron chi connectivity index (χ3n) is 2.36. The van der Waals surface area contributed by atoms with Gasteiger partial charge in [-0.05, 0) is 19.1 Å². The Hall–Kier alpha value is -1.35. The summed E-state index contributed by atoms with van der Waals surface area (Å²) in [5.74, 6) is 1.04. The molecule has 0 radical (unpaired) electrons. The van der Waals surface area contributed by atoms with Crippen LogP contribution in [0.3, 0.4) is 0 Å². The van der Waals surface area contributed by atoms with E-state index in [-0.39, 0.29) is 0 Å². The van der Waals surface area contributed by atoms with Crippen molar-refractivity contribution in [2.24, 2.45) is 0 Å². The number of fused-ring (bicyclic) bond motifs is 1. The lowest BCUT2D eigenvalue weighted by atomic mass is 10.3. The van der Waals surface area contributed by atoms with Crippen molar-refractivity contribution in [2.45, 2.75) is 27.3 Å². The minimum Gasteiger partial charge on any atom is -0.383 e. The van der Waals surface area contributed by atoms with Crippen LogP contribution in [0.5, 0.6) is 0 Å². The molecule has 0 unspecified atom stereocenters. The van der Waals surface area contributed by atoms with E-state index in [0.717, 1.165) is 24.5 Å². The third kappa shape index (κ3) is 2.61. The van der Waals surface area contributed by atoms with Crippen LogP contribution in [0, 0.1) is 6.92 Å². The maximum Gasteiger partial charge on any atom is 0.106 e. The average molecular weight is 220 g/mol. The molecule has 2 rings (SSSR count). The molecule has 0 aliphatic carbocycles. The molecule has 0 N–H and O–H groups in total. The van der Waals surface area contributed by atoms with Crippen LogP contribution in [-0.2, 0) is 11.3 Å². The minimum absolute atomic E-state index is 0.723. The molecule has 1 aromatic carbocycles. The molecule has 3 heteroatoms. The Labute approximate surface area is 97.1 Å². The minimum atomic E-state index is 0.723. The van der Waals surface area contributed by atoms with Crippen molar-refractivity contribution in [3.8, 4) is 0 Å². The fourth-order valence-electron chi connectivity index (χ4n) is 1.66. The van der Waals surface area contributed by atoms with Crippen molar-refractivity contribution in [1.82, 2.24) is 9.55 Å². The number of methoxy groups -OCH3 is 1. The Morgan fingerprint density at radius 1 is 1.25 bits per heavy atom. The summed E-state index contributed by atoms with van der Waals surface area (Å²) in [6.45, 7) is 7.61. The number of benzene rings is 1. The number of hydrogen-bond acceptors (Lipinski definition) is 2. The molecule has 88 valence electrons. The number of ether oxygens (including phenoxy) is 1. The molecule has 0 aliphatic rings. The van der Waals surface area contributed by atoms with Crippen molar-refractivity contribution < 1.29 is 4.74 Å². The Morgan fingerprint density at radius 3 is 2.62 bits per heavy atom. The highest BCUT2D eigenvalue weighted by atomic mass is 16.5. The van der Waals surface area contributed by atoms with Crippen molar-refractivity contribution in [3.63, 3.8) is 0 Å². The van der Waals surface area contributed by atoms with Crippen LogP contribution in [0.4, 0.5) is 0 Å². The van der Waals surface area contributed by atoms with Crippen LogP contribution in [0.2, 0.25) is 0 Å². The SMILES string of the molecule is CC.COCCn1c(C)nc2ccccc21. The van der Waals surface area contributed by atoms with E-state index in [2.05, 4.69) is 15.6 Å². The highest BCUT2D eigenvalue weighted by molar-refractivity contribution is 5.75. The number of hydrogen-bond donors (Lipinski definition) is 0. The van der Waals surface area contributed by atoms with Crippen LogP contribution >= 0.6 is 0 Å². The van der Waals surface area contributed by atoms with Gasteiger partial charge < -0.3 is 9.30 Å². The number of aryl methyl sites for hydroxylation is 1. The first kappa shape index (κ1) is 12.7. The van der Waals surface area contributed by atoms with Gasteiger partial charge in [0.15, 0.2) is 0 Å². The summed E-state index contributed by atoms with van der Waals surface area (Å²) in [5.41, 5.74) is 2.24. The Kier molecular flexibility index (Phi) is 4.99. The van der Waals surface area contributed by atoms with Gasteiger partial charge in [-0.15, -0.1) is 0 Å². The van der Waals surface area contributed by atoms with Crippen LogP contribution in [0.25, 0.3) is 11.0 Å². The summed E-state index contributed by atoms with van der Waals surface area (Å²) in [7, 11) is 1.72. The highest BCUT2D eigenvalue weighted by Gasteiger charge is 2.04. The molecule has 1 heterocycles. The predicted octanol–water partition coefficient (Wildman–Crippen LogP) is 3.02. The first-order chi connectivity index (χ1) is 7.83. The quantitative estimate of drug-likeness (QED) is 0.795. The maximum absolute atomic E-state index is 5.07. The fraction of sp³-hybridized carbons (Fsp3) is 0.462. The molecule has 0 saturated heterocycles. The van der Waals surface area contributed by atoms with Gasteiger partial charge in [-0.1, -0.05) is 26.0 Å². The standard InChI is InChI=1S/C11H14N2O.C2H6/c1-9-12-10-5-3-4-6-11(10)13(9)7-8-14-2;1-2/h3-6H,7-8H2,1-2H3;1-2H3. The van der Waals surface area contributed by atoms with Crippen LogP contribution in [0.15, 0.2) is 24.3 Å². The molecule has 2 aromatic rings. The fourth-order valence-corrected chi connectivity index (χ4v) is 1.66. The molecule has 0 atom stereocenters. The number of para-hydroxylation sites is 2. The monoisotopic (exact) mass is 220 g/mol. The first-order valence-electron chi connectivity index (χ1n) is 5.73. The second kappa shape index (κ2) is 6.28. The van der Waals surface area contributed by atoms with Gasteiger partial charge >= 0.3 is 0 Å². The van der Waals surface area contributed by atoms with E-state index in [1.54, 1.807) is 7.11 Å². The second-order valence-electron chi connectivity index (χ2n) is 3.29. The lowest BCUT2D eigenvalue weighted by Gasteiger charge is -2.04. The molecule has 0 spiro atoms. The van der Waals surface area contributed by atoms with Gasteiger partial charge in [-0.2, -0.15) is 0 Å². The topological polar surface area (TPSA) is 27.1 Å². The second-order valence-corrected chi connectivity index (χ2v) is 3.29. The number of imidazole rings is 1. The van der Waals surface area contributed by atoms with Crippen molar-refractivity contribution in [1.29, 1.82) is 0 Å². The number of aromatic nitrogens is 2. The predicted molar refractivity (Wildman–Crippen MR) is 67.7 cm³/mol. The third-order valence-corrected chi connectivity index (χ3v) is 2.36. The van der Waals surface area contributed by atoms with Crippen LogP contribution in [0.1, 0.15) is 19.7 Å². The van der Waals surface area contributed by atoms with E-state index in [1.165, 1.54) is 5.52 Å². The zero-order valence-corrected chi connectivity index (χ0v) is 10.5. The zero-order chi connectivity index (χ0) is 12.0. The van der Waals surface area contributed by atoms with Crippen molar-refractivity contribution in [2.75, 3.05) is 13.7 Å². The Morgan fingerprint density at radius 2 is 1.94 bits per heavy atom. The molecule has 3 nitrogen and oxygen atoms in total. The van der Waals surface area contributed by atoms with Gasteiger partial charge in [0.25, 0.3) is 0 Å². The largest absolute Gasteiger partial charge is 0.383 e. The number of nitrogens with zero attached hydrogens (tertiary/aromatic N) is 2. The maximum atomic E-state index is 5.07. The van der Waals surface area contributed by atoms with Crippen LogP contribution in [-0.4, -0.2) is 23.3 Å². The van der Waals surface area contributed by atoms with E-state index in [9.17, 15) is 0 Å². The summed E-state index contributed by atoms with van der Waals surface area (Å²) >= 11 is 0. The van der Waals surface area contributed by atoms with Crippen LogP contribution < -0.4 is 0 Å². The van der Waals surface area contributed by atoms with Gasteiger partial charge in [0.05, 0.1) is 17.6 Å². The zero-order valence-electron chi connectivity index (χ0n) is 10.5. The summed E-state index contributed by atoms with van der Waals surface area (Å²) in [4.78, 5) is 4.47. The van der Waals surface area contributed by atoms with E-state index in [0.29, 0.717) is 0 Å². The van der Waals surface area contributed by atoms with Gasteiger partial charge in [-0.3, -0.25) is 0 Å². The lowest BCUT2D eigenvalue weighted by Crippen LogP contribution is -2.05. The lowest BCUT2D eigenvalue weighted by molar-refractivity contribution is 0.187. The smallest absolute Gasteiger partial charge is 0.106 e. The normalized spacial score (nSPS) is 10.0. The summed E-state index contributed by atoms with van der Waals surface area (Å²) in [5, 5.41) is 0. The van der Waals surface area contributed by atoms with E-state index in [4.69, 9.17) is 4.74 Å².